The summed E-state index contributed by atoms with van der Waals surface area (Å²) in [5.41, 5.74) is 2.33. The third kappa shape index (κ3) is 5.91. The van der Waals surface area contributed by atoms with Crippen LogP contribution in [0.3, 0.4) is 0 Å². The minimum absolute atomic E-state index is 0.302. The highest BCUT2D eigenvalue weighted by Crippen LogP contribution is 2.24. The van der Waals surface area contributed by atoms with Gasteiger partial charge in [-0.3, -0.25) is 14.6 Å². The Morgan fingerprint density at radius 1 is 0.909 bits per heavy atom. The van der Waals surface area contributed by atoms with Crippen molar-refractivity contribution in [2.75, 3.05) is 59.0 Å². The van der Waals surface area contributed by atoms with Crippen molar-refractivity contribution >= 4 is 27.5 Å². The van der Waals surface area contributed by atoms with Crippen LogP contribution in [0.25, 0.3) is 10.2 Å². The summed E-state index contributed by atoms with van der Waals surface area (Å²) >= 11 is 1.76. The third-order valence-electron chi connectivity index (χ3n) is 6.58. The summed E-state index contributed by atoms with van der Waals surface area (Å²) in [5.74, 6) is 1.22. The summed E-state index contributed by atoms with van der Waals surface area (Å²) in [6.07, 6.45) is 3.17. The number of likely N-dealkylation sites (tertiary alicyclic amines) is 1. The Morgan fingerprint density at radius 3 is 2.39 bits per heavy atom. The number of amides is 1. The Morgan fingerprint density at radius 2 is 1.64 bits per heavy atom. The van der Waals surface area contributed by atoms with Crippen LogP contribution >= 0.6 is 11.3 Å². The predicted octanol–water partition coefficient (Wildman–Crippen LogP) is 3.51. The van der Waals surface area contributed by atoms with Crippen LogP contribution in [-0.4, -0.2) is 84.6 Å². The molecule has 0 aliphatic carbocycles. The van der Waals surface area contributed by atoms with Gasteiger partial charge in [0, 0.05) is 52.2 Å². The average Bonchev–Trinajstić information content (AvgIpc) is 3.51. The van der Waals surface area contributed by atoms with Crippen LogP contribution in [0, 0.1) is 0 Å². The van der Waals surface area contributed by atoms with Gasteiger partial charge in [-0.25, -0.2) is 4.98 Å². The summed E-state index contributed by atoms with van der Waals surface area (Å²) in [6, 6.07) is 16.7. The molecular weight excluding hydrogens is 432 g/mol. The highest BCUT2D eigenvalue weighted by atomic mass is 32.1. The van der Waals surface area contributed by atoms with E-state index in [0.29, 0.717) is 19.1 Å². The molecule has 2 fully saturated rings. The van der Waals surface area contributed by atoms with Gasteiger partial charge < -0.3 is 9.64 Å². The lowest BCUT2D eigenvalue weighted by atomic mass is 10.1. The zero-order valence-electron chi connectivity index (χ0n) is 19.1. The van der Waals surface area contributed by atoms with Crippen molar-refractivity contribution in [2.24, 2.45) is 0 Å². The number of benzene rings is 2. The Labute approximate surface area is 199 Å². The van der Waals surface area contributed by atoms with Gasteiger partial charge in [-0.1, -0.05) is 24.3 Å². The maximum absolute atomic E-state index is 12.3. The molecular formula is C26H32N4O2S. The number of carbonyl (C=O) groups excluding carboxylic acids is 1. The second-order valence-electron chi connectivity index (χ2n) is 8.95. The molecule has 174 valence electrons. The van der Waals surface area contributed by atoms with E-state index in [0.717, 1.165) is 81.3 Å². The van der Waals surface area contributed by atoms with Gasteiger partial charge in [0.05, 0.1) is 21.8 Å². The molecule has 0 N–H and O–H groups in total. The molecule has 33 heavy (non-hydrogen) atoms. The van der Waals surface area contributed by atoms with E-state index in [2.05, 4.69) is 52.3 Å². The molecule has 0 spiro atoms. The fourth-order valence-corrected chi connectivity index (χ4v) is 5.60. The SMILES string of the molecule is O=C(CN1CCN(CCOc2ccc(Cc3nc4ccccc4s3)cc2)CC1)N1CCCC1. The predicted molar refractivity (Wildman–Crippen MR) is 133 cm³/mol. The number of rotatable bonds is 8. The van der Waals surface area contributed by atoms with Crippen molar-refractivity contribution in [3.05, 3.63) is 59.1 Å². The van der Waals surface area contributed by atoms with Crippen LogP contribution in [0.5, 0.6) is 5.75 Å². The number of para-hydroxylation sites is 1. The van der Waals surface area contributed by atoms with E-state index < -0.39 is 0 Å². The third-order valence-corrected chi connectivity index (χ3v) is 7.61. The Bertz CT molecular complexity index is 1020. The Kier molecular flexibility index (Phi) is 7.19. The zero-order valence-corrected chi connectivity index (χ0v) is 19.9. The van der Waals surface area contributed by atoms with Gasteiger partial charge in [0.15, 0.2) is 0 Å². The second-order valence-corrected chi connectivity index (χ2v) is 10.1. The van der Waals surface area contributed by atoms with Crippen LogP contribution in [0.1, 0.15) is 23.4 Å². The molecule has 2 saturated heterocycles. The minimum atomic E-state index is 0.302. The lowest BCUT2D eigenvalue weighted by molar-refractivity contribution is -0.131. The first-order valence-electron chi connectivity index (χ1n) is 12.0. The van der Waals surface area contributed by atoms with Gasteiger partial charge in [0.1, 0.15) is 12.4 Å². The summed E-state index contributed by atoms with van der Waals surface area (Å²) in [4.78, 5) is 23.8. The van der Waals surface area contributed by atoms with Crippen molar-refractivity contribution in [3.8, 4) is 5.75 Å². The number of piperazine rings is 1. The molecule has 5 rings (SSSR count). The van der Waals surface area contributed by atoms with Gasteiger partial charge in [0.2, 0.25) is 5.91 Å². The molecule has 0 atom stereocenters. The molecule has 2 aliphatic rings. The van der Waals surface area contributed by atoms with E-state index in [-0.39, 0.29) is 0 Å². The van der Waals surface area contributed by atoms with Crippen molar-refractivity contribution in [1.82, 2.24) is 19.7 Å². The summed E-state index contributed by atoms with van der Waals surface area (Å²) in [7, 11) is 0. The summed E-state index contributed by atoms with van der Waals surface area (Å²) < 4.78 is 7.23. The molecule has 1 amide bonds. The molecule has 2 aromatic carbocycles. The first kappa shape index (κ1) is 22.3. The summed E-state index contributed by atoms with van der Waals surface area (Å²) in [6.45, 7) is 7.98. The number of ether oxygens (including phenoxy) is 1. The quantitative estimate of drug-likeness (QED) is 0.511. The lowest BCUT2D eigenvalue weighted by Crippen LogP contribution is -2.50. The van der Waals surface area contributed by atoms with Gasteiger partial charge in [-0.15, -0.1) is 11.3 Å². The van der Waals surface area contributed by atoms with E-state index in [4.69, 9.17) is 9.72 Å². The molecule has 2 aliphatic heterocycles. The maximum atomic E-state index is 12.3. The van der Waals surface area contributed by atoms with E-state index in [1.165, 1.54) is 10.3 Å². The van der Waals surface area contributed by atoms with Crippen molar-refractivity contribution in [3.63, 3.8) is 0 Å². The molecule has 0 unspecified atom stereocenters. The van der Waals surface area contributed by atoms with Crippen LogP contribution in [0.4, 0.5) is 0 Å². The lowest BCUT2D eigenvalue weighted by Gasteiger charge is -2.34. The number of aromatic nitrogens is 1. The largest absolute Gasteiger partial charge is 0.492 e. The number of nitrogens with zero attached hydrogens (tertiary/aromatic N) is 4. The van der Waals surface area contributed by atoms with Crippen LogP contribution < -0.4 is 4.74 Å². The normalized spacial score (nSPS) is 17.6. The molecule has 0 bridgehead atoms. The fourth-order valence-electron chi connectivity index (χ4n) is 4.60. The molecule has 1 aromatic heterocycles. The monoisotopic (exact) mass is 464 g/mol. The molecule has 0 saturated carbocycles. The Balaban J connectivity index is 1.02. The molecule has 7 heteroatoms. The standard InChI is InChI=1S/C26H32N4O2S/c31-26(30-11-3-4-12-30)20-29-15-13-28(14-16-29)17-18-32-22-9-7-21(8-10-22)19-25-27-23-5-1-2-6-24(23)33-25/h1-2,5-10H,3-4,11-20H2. The van der Waals surface area contributed by atoms with Gasteiger partial charge in [0.25, 0.3) is 0 Å². The van der Waals surface area contributed by atoms with Crippen LogP contribution in [-0.2, 0) is 11.2 Å². The van der Waals surface area contributed by atoms with Crippen LogP contribution in [0.2, 0.25) is 0 Å². The van der Waals surface area contributed by atoms with E-state index in [9.17, 15) is 4.79 Å². The molecule has 3 aromatic rings. The topological polar surface area (TPSA) is 48.9 Å². The molecule has 3 heterocycles. The van der Waals surface area contributed by atoms with Gasteiger partial charge in [-0.05, 0) is 42.7 Å². The summed E-state index contributed by atoms with van der Waals surface area (Å²) in [5, 5.41) is 1.14. The zero-order chi connectivity index (χ0) is 22.5. The maximum Gasteiger partial charge on any atom is 0.236 e. The van der Waals surface area contributed by atoms with E-state index >= 15 is 0 Å². The van der Waals surface area contributed by atoms with Crippen LogP contribution in [0.15, 0.2) is 48.5 Å². The average molecular weight is 465 g/mol. The Hall–Kier alpha value is -2.48. The number of carbonyl (C=O) groups is 1. The molecule has 0 radical (unpaired) electrons. The number of hydrogen-bond donors (Lipinski definition) is 0. The first-order valence-corrected chi connectivity index (χ1v) is 12.8. The number of thiazole rings is 1. The highest BCUT2D eigenvalue weighted by Gasteiger charge is 2.23. The smallest absolute Gasteiger partial charge is 0.236 e. The minimum Gasteiger partial charge on any atom is -0.492 e. The fraction of sp³-hybridized carbons (Fsp3) is 0.462. The van der Waals surface area contributed by atoms with Gasteiger partial charge in [-0.2, -0.15) is 0 Å². The van der Waals surface area contributed by atoms with Crippen molar-refractivity contribution < 1.29 is 9.53 Å². The number of fused-ring (bicyclic) bond motifs is 1. The van der Waals surface area contributed by atoms with E-state index in [1.54, 1.807) is 11.3 Å². The highest BCUT2D eigenvalue weighted by molar-refractivity contribution is 7.18. The van der Waals surface area contributed by atoms with Gasteiger partial charge >= 0.3 is 0 Å². The second kappa shape index (κ2) is 10.6. The van der Waals surface area contributed by atoms with E-state index in [1.807, 2.05) is 11.0 Å². The molecule has 6 nitrogen and oxygen atoms in total. The first-order chi connectivity index (χ1) is 16.2. The van der Waals surface area contributed by atoms with Crippen molar-refractivity contribution in [1.29, 1.82) is 0 Å². The van der Waals surface area contributed by atoms with Crippen molar-refractivity contribution in [2.45, 2.75) is 19.3 Å². The number of hydrogen-bond acceptors (Lipinski definition) is 6.